The predicted octanol–water partition coefficient (Wildman–Crippen LogP) is 8.07. The lowest BCUT2D eigenvalue weighted by Gasteiger charge is -2.41. The van der Waals surface area contributed by atoms with E-state index < -0.39 is 32.2 Å². The van der Waals surface area contributed by atoms with Crippen LogP contribution in [-0.2, 0) is 0 Å². The van der Waals surface area contributed by atoms with E-state index in [4.69, 9.17) is 11.0 Å². The molecular weight excluding hydrogens is 511 g/mol. The number of hydrogen-bond donors (Lipinski definition) is 0. The Kier molecular flexibility index (Phi) is 3.63. The monoisotopic (exact) mass is 541 g/mol. The van der Waals surface area contributed by atoms with Crippen LogP contribution in [0, 0.1) is 22.7 Å². The summed E-state index contributed by atoms with van der Waals surface area (Å²) in [4.78, 5) is 1.53. The molecule has 0 unspecified atom stereocenters. The van der Waals surface area contributed by atoms with Gasteiger partial charge in [-0.1, -0.05) is 73.6 Å². The minimum atomic E-state index is -3.20. The first kappa shape index (κ1) is 16.3. The van der Waals surface area contributed by atoms with E-state index in [-0.39, 0.29) is 46.7 Å². The Morgan fingerprint density at radius 3 is 2.03 bits per heavy atom. The van der Waals surface area contributed by atoms with Gasteiger partial charge in [-0.15, -0.1) is 11.3 Å². The minimum Gasteiger partial charge on any atom is -0.311 e. The van der Waals surface area contributed by atoms with Gasteiger partial charge in [-0.2, -0.15) is 10.5 Å². The highest BCUT2D eigenvalue weighted by Crippen LogP contribution is 2.47. The number of benzene rings is 5. The van der Waals surface area contributed by atoms with Gasteiger partial charge in [0.1, 0.15) is 8.07 Å². The van der Waals surface area contributed by atoms with Crippen LogP contribution in [0.5, 0.6) is 0 Å². The van der Waals surface area contributed by atoms with E-state index in [9.17, 15) is 10.5 Å². The molecule has 0 aliphatic carbocycles. The Morgan fingerprint density at radius 1 is 0.769 bits per heavy atom. The molecule has 5 aromatic carbocycles. The third-order valence-electron chi connectivity index (χ3n) is 7.33. The molecule has 0 saturated heterocycles. The van der Waals surface area contributed by atoms with Crippen molar-refractivity contribution in [3.63, 3.8) is 0 Å². The summed E-state index contributed by atoms with van der Waals surface area (Å²) in [6.45, 7) is 3.68. The molecule has 1 aliphatic rings. The minimum absolute atomic E-state index is 0.130. The molecule has 6 aromatic rings. The summed E-state index contributed by atoms with van der Waals surface area (Å²) in [6, 6.07) is 17.8. The summed E-state index contributed by atoms with van der Waals surface area (Å²) in [5, 5.41) is 22.7. The molecule has 0 amide bonds. The Hall–Kier alpha value is -4.68. The average molecular weight is 542 g/mol. The summed E-state index contributed by atoms with van der Waals surface area (Å²) in [5.74, 6) is 0. The van der Waals surface area contributed by atoms with Crippen LogP contribution in [0.4, 0.5) is 17.1 Å². The van der Waals surface area contributed by atoms with Gasteiger partial charge in [0.25, 0.3) is 0 Å². The SMILES string of the molecule is [2H]c1c([2H])c([2H])c2c(c1[2H])N(c1cc(-c3c(C#N)cccc3C#N)c3c(c1)sc1ccccc13)c1c([2H])c([2H])c([2H])c([2H])c1[Si]2(C)C. The Morgan fingerprint density at radius 2 is 1.38 bits per heavy atom. The van der Waals surface area contributed by atoms with Crippen LogP contribution >= 0.6 is 11.3 Å². The third kappa shape index (κ3) is 3.38. The van der Waals surface area contributed by atoms with Gasteiger partial charge in [-0.05, 0) is 58.4 Å². The number of anilines is 3. The van der Waals surface area contributed by atoms with Crippen LogP contribution in [0.15, 0.2) is 103 Å². The number of nitrogens with zero attached hydrogens (tertiary/aromatic N) is 3. The van der Waals surface area contributed by atoms with Crippen LogP contribution in [0.25, 0.3) is 31.3 Å². The average Bonchev–Trinajstić information content (AvgIpc) is 3.44. The van der Waals surface area contributed by atoms with Gasteiger partial charge in [0.05, 0.1) is 34.2 Å². The highest BCUT2D eigenvalue weighted by Gasteiger charge is 2.38. The number of para-hydroxylation sites is 2. The number of rotatable bonds is 2. The van der Waals surface area contributed by atoms with E-state index in [2.05, 4.69) is 12.1 Å². The number of thiophene rings is 1. The van der Waals surface area contributed by atoms with E-state index in [1.54, 1.807) is 24.3 Å². The molecule has 1 aromatic heterocycles. The van der Waals surface area contributed by atoms with Crippen molar-refractivity contribution >= 4 is 67.0 Å². The topological polar surface area (TPSA) is 50.8 Å². The second kappa shape index (κ2) is 8.68. The first-order chi connectivity index (χ1) is 22.3. The lowest BCUT2D eigenvalue weighted by atomic mass is 9.91. The molecule has 0 bridgehead atoms. The molecular formula is C34H23N3SSi. The molecule has 5 heteroatoms. The van der Waals surface area contributed by atoms with Gasteiger partial charge in [-0.3, -0.25) is 0 Å². The second-order valence-electron chi connectivity index (χ2n) is 9.82. The van der Waals surface area contributed by atoms with E-state index in [1.165, 1.54) is 16.2 Å². The van der Waals surface area contributed by atoms with Gasteiger partial charge >= 0.3 is 0 Å². The molecule has 0 radical (unpaired) electrons. The van der Waals surface area contributed by atoms with Crippen molar-refractivity contribution in [1.82, 2.24) is 0 Å². The zero-order chi connectivity index (χ0) is 33.7. The summed E-state index contributed by atoms with van der Waals surface area (Å²) in [7, 11) is -3.20. The fraction of sp³-hybridized carbons (Fsp3) is 0.0588. The molecule has 0 fully saturated rings. The zero-order valence-corrected chi connectivity index (χ0v) is 22.8. The van der Waals surface area contributed by atoms with Crippen molar-refractivity contribution in [2.75, 3.05) is 4.90 Å². The maximum absolute atomic E-state index is 10.2. The summed E-state index contributed by atoms with van der Waals surface area (Å²) >= 11 is 1.48. The molecule has 184 valence electrons. The Bertz CT molecular complexity index is 2370. The second-order valence-corrected chi connectivity index (χ2v) is 15.2. The Labute approximate surface area is 243 Å². The van der Waals surface area contributed by atoms with Crippen molar-refractivity contribution in [2.24, 2.45) is 0 Å². The molecule has 7 rings (SSSR count). The van der Waals surface area contributed by atoms with Crippen LogP contribution in [0.3, 0.4) is 0 Å². The van der Waals surface area contributed by atoms with Crippen molar-refractivity contribution < 1.29 is 11.0 Å². The van der Waals surface area contributed by atoms with Crippen LogP contribution < -0.4 is 15.3 Å². The molecule has 0 atom stereocenters. The molecule has 1 aliphatic heterocycles. The highest BCUT2D eigenvalue weighted by molar-refractivity contribution is 7.26. The number of nitriles is 2. The summed E-state index contributed by atoms with van der Waals surface area (Å²) < 4.78 is 72.4. The standard InChI is InChI=1S/C34H23N3SSi/c1-39(2)31-16-7-4-13-27(31)37(28-14-5-8-17-32(28)39)24-18-26(33-22(20-35)10-9-11-23(33)21-36)34-25-12-3-6-15-29(25)38-30(34)19-24/h3-19H,1-2H3/i4D,5D,7D,8D,13D,14D,16D,17D. The first-order valence-electron chi connectivity index (χ1n) is 16.3. The summed E-state index contributed by atoms with van der Waals surface area (Å²) in [5.41, 5.74) is 2.14. The largest absolute Gasteiger partial charge is 0.311 e. The normalized spacial score (nSPS) is 16.4. The summed E-state index contributed by atoms with van der Waals surface area (Å²) in [6.07, 6.45) is 0. The maximum atomic E-state index is 10.2. The van der Waals surface area contributed by atoms with Crippen LogP contribution in [0.1, 0.15) is 22.1 Å². The van der Waals surface area contributed by atoms with Gasteiger partial charge < -0.3 is 4.90 Å². The van der Waals surface area contributed by atoms with E-state index in [1.807, 2.05) is 43.4 Å². The molecule has 3 nitrogen and oxygen atoms in total. The van der Waals surface area contributed by atoms with Crippen molar-refractivity contribution in [1.29, 1.82) is 10.5 Å². The van der Waals surface area contributed by atoms with Gasteiger partial charge in [0, 0.05) is 42.8 Å². The predicted molar refractivity (Wildman–Crippen MR) is 166 cm³/mol. The molecule has 39 heavy (non-hydrogen) atoms. The number of fused-ring (bicyclic) bond motifs is 5. The maximum Gasteiger partial charge on any atom is 0.117 e. The molecule has 0 spiro atoms. The number of hydrogen-bond acceptors (Lipinski definition) is 4. The lowest BCUT2D eigenvalue weighted by Crippen LogP contribution is -2.58. The highest BCUT2D eigenvalue weighted by atomic mass is 32.1. The Balaban J connectivity index is 1.72. The van der Waals surface area contributed by atoms with Crippen molar-refractivity contribution in [2.45, 2.75) is 13.1 Å². The quantitative estimate of drug-likeness (QED) is 0.208. The fourth-order valence-corrected chi connectivity index (χ4v) is 9.24. The van der Waals surface area contributed by atoms with Crippen LogP contribution in [0.2, 0.25) is 13.1 Å². The third-order valence-corrected chi connectivity index (χ3v) is 11.7. The first-order valence-corrected chi connectivity index (χ1v) is 16.1. The fourth-order valence-electron chi connectivity index (χ4n) is 5.54. The van der Waals surface area contributed by atoms with E-state index >= 15 is 0 Å². The smallest absolute Gasteiger partial charge is 0.117 e. The van der Waals surface area contributed by atoms with Gasteiger partial charge in [-0.25, -0.2) is 0 Å². The van der Waals surface area contributed by atoms with Crippen molar-refractivity contribution in [3.05, 3.63) is 114 Å². The van der Waals surface area contributed by atoms with Crippen LogP contribution in [-0.4, -0.2) is 8.07 Å². The van der Waals surface area contributed by atoms with Crippen molar-refractivity contribution in [3.8, 4) is 23.3 Å². The van der Waals surface area contributed by atoms with Gasteiger partial charge in [0.2, 0.25) is 0 Å². The molecule has 0 N–H and O–H groups in total. The zero-order valence-electron chi connectivity index (χ0n) is 28.9. The van der Waals surface area contributed by atoms with Gasteiger partial charge in [0.15, 0.2) is 0 Å². The molecule has 0 saturated carbocycles. The van der Waals surface area contributed by atoms with E-state index in [0.29, 0.717) is 27.2 Å². The van der Waals surface area contributed by atoms with E-state index in [0.717, 1.165) is 20.2 Å². The molecule has 2 heterocycles. The lowest BCUT2D eigenvalue weighted by molar-refractivity contribution is 1.29.